The Bertz CT molecular complexity index is 675. The number of rotatable bonds is 7. The largest absolute Gasteiger partial charge is 0.348 e. The zero-order valence-electron chi connectivity index (χ0n) is 14.0. The quantitative estimate of drug-likeness (QED) is 0.817. The fourth-order valence-corrected chi connectivity index (χ4v) is 2.40. The van der Waals surface area contributed by atoms with E-state index in [1.807, 2.05) is 30.8 Å². The van der Waals surface area contributed by atoms with Gasteiger partial charge in [-0.3, -0.25) is 9.48 Å². The van der Waals surface area contributed by atoms with Crippen LogP contribution in [0, 0.1) is 11.6 Å². The molecule has 1 heterocycles. The Kier molecular flexibility index (Phi) is 6.03. The first-order valence-electron chi connectivity index (χ1n) is 7.85. The fourth-order valence-electron chi connectivity index (χ4n) is 2.40. The summed E-state index contributed by atoms with van der Waals surface area (Å²) in [5, 5.41) is 10.00. The average Bonchev–Trinajstić information content (AvgIpc) is 3.06. The first kappa shape index (κ1) is 18.1. The SMILES string of the molecule is CC(NC(=O)CNC(C)C(C)n1cccn1)c1ccc(F)cc1F. The van der Waals surface area contributed by atoms with Crippen molar-refractivity contribution in [2.24, 2.45) is 0 Å². The Hall–Kier alpha value is -2.28. The molecule has 0 saturated heterocycles. The maximum Gasteiger partial charge on any atom is 0.234 e. The lowest BCUT2D eigenvalue weighted by Crippen LogP contribution is -2.42. The third kappa shape index (κ3) is 4.61. The maximum absolute atomic E-state index is 13.7. The van der Waals surface area contributed by atoms with Crippen molar-refractivity contribution in [1.29, 1.82) is 0 Å². The van der Waals surface area contributed by atoms with Gasteiger partial charge in [0.15, 0.2) is 0 Å². The van der Waals surface area contributed by atoms with Gasteiger partial charge in [0.25, 0.3) is 0 Å². The molecular weight excluding hydrogens is 314 g/mol. The molecule has 2 N–H and O–H groups in total. The summed E-state index contributed by atoms with van der Waals surface area (Å²) in [6.07, 6.45) is 3.57. The number of carbonyl (C=O) groups excluding carboxylic acids is 1. The van der Waals surface area contributed by atoms with Gasteiger partial charge in [-0.15, -0.1) is 0 Å². The Balaban J connectivity index is 1.84. The van der Waals surface area contributed by atoms with Gasteiger partial charge in [0.05, 0.1) is 18.6 Å². The van der Waals surface area contributed by atoms with Crippen LogP contribution in [0.4, 0.5) is 8.78 Å². The highest BCUT2D eigenvalue weighted by molar-refractivity contribution is 5.78. The van der Waals surface area contributed by atoms with E-state index >= 15 is 0 Å². The van der Waals surface area contributed by atoms with Crippen LogP contribution in [0.1, 0.15) is 38.4 Å². The number of halogens is 2. The molecule has 1 aromatic carbocycles. The minimum Gasteiger partial charge on any atom is -0.348 e. The molecule has 1 amide bonds. The Morgan fingerprint density at radius 1 is 1.29 bits per heavy atom. The van der Waals surface area contributed by atoms with Crippen LogP contribution in [0.3, 0.4) is 0 Å². The maximum atomic E-state index is 13.7. The molecule has 0 bridgehead atoms. The number of nitrogens with one attached hydrogen (secondary N) is 2. The van der Waals surface area contributed by atoms with Crippen LogP contribution in [-0.2, 0) is 4.79 Å². The number of nitrogens with zero attached hydrogens (tertiary/aromatic N) is 2. The second-order valence-corrected chi connectivity index (χ2v) is 5.85. The highest BCUT2D eigenvalue weighted by atomic mass is 19.1. The van der Waals surface area contributed by atoms with E-state index in [1.54, 1.807) is 13.1 Å². The van der Waals surface area contributed by atoms with Crippen molar-refractivity contribution in [2.45, 2.75) is 38.9 Å². The minimum atomic E-state index is -0.670. The van der Waals surface area contributed by atoms with Gasteiger partial charge in [-0.05, 0) is 32.9 Å². The van der Waals surface area contributed by atoms with Crippen molar-refractivity contribution in [2.75, 3.05) is 6.54 Å². The number of amides is 1. The third-order valence-corrected chi connectivity index (χ3v) is 4.06. The van der Waals surface area contributed by atoms with Crippen LogP contribution < -0.4 is 10.6 Å². The monoisotopic (exact) mass is 336 g/mol. The van der Waals surface area contributed by atoms with Gasteiger partial charge in [0.1, 0.15) is 11.6 Å². The van der Waals surface area contributed by atoms with Gasteiger partial charge in [-0.25, -0.2) is 8.78 Å². The van der Waals surface area contributed by atoms with Crippen molar-refractivity contribution < 1.29 is 13.6 Å². The van der Waals surface area contributed by atoms with Gasteiger partial charge in [-0.1, -0.05) is 6.07 Å². The molecule has 24 heavy (non-hydrogen) atoms. The molecule has 0 aliphatic carbocycles. The summed E-state index contributed by atoms with van der Waals surface area (Å²) >= 11 is 0. The lowest BCUT2D eigenvalue weighted by Gasteiger charge is -2.22. The first-order valence-corrected chi connectivity index (χ1v) is 7.85. The summed E-state index contributed by atoms with van der Waals surface area (Å²) < 4.78 is 28.5. The average molecular weight is 336 g/mol. The predicted octanol–water partition coefficient (Wildman–Crippen LogP) is 2.58. The molecule has 7 heteroatoms. The standard InChI is InChI=1S/C17H22F2N4O/c1-11(13(3)23-8-4-7-21-23)20-10-17(24)22-12(2)15-6-5-14(18)9-16(15)19/h4-9,11-13,20H,10H2,1-3H3,(H,22,24). The first-order chi connectivity index (χ1) is 11.4. The molecule has 0 aliphatic heterocycles. The molecule has 0 radical (unpaired) electrons. The Labute approximate surface area is 140 Å². The summed E-state index contributed by atoms with van der Waals surface area (Å²) in [7, 11) is 0. The van der Waals surface area contributed by atoms with Crippen LogP contribution >= 0.6 is 0 Å². The molecule has 130 valence electrons. The molecule has 5 nitrogen and oxygen atoms in total. The molecule has 2 rings (SSSR count). The van der Waals surface area contributed by atoms with E-state index in [9.17, 15) is 13.6 Å². The molecule has 3 atom stereocenters. The number of benzene rings is 1. The number of hydrogen-bond donors (Lipinski definition) is 2. The van der Waals surface area contributed by atoms with Gasteiger partial charge < -0.3 is 10.6 Å². The molecule has 3 unspecified atom stereocenters. The second-order valence-electron chi connectivity index (χ2n) is 5.85. The normalized spacial score (nSPS) is 14.9. The van der Waals surface area contributed by atoms with Crippen molar-refractivity contribution >= 4 is 5.91 Å². The van der Waals surface area contributed by atoms with E-state index in [2.05, 4.69) is 15.7 Å². The zero-order chi connectivity index (χ0) is 17.7. The lowest BCUT2D eigenvalue weighted by molar-refractivity contribution is -0.121. The summed E-state index contributed by atoms with van der Waals surface area (Å²) in [5.74, 6) is -1.57. The number of carbonyl (C=O) groups is 1. The van der Waals surface area contributed by atoms with Crippen LogP contribution in [-0.4, -0.2) is 28.3 Å². The molecule has 1 aromatic heterocycles. The van der Waals surface area contributed by atoms with Crippen LogP contribution in [0.5, 0.6) is 0 Å². The van der Waals surface area contributed by atoms with Crippen LogP contribution in [0.25, 0.3) is 0 Å². The smallest absolute Gasteiger partial charge is 0.234 e. The van der Waals surface area contributed by atoms with E-state index < -0.39 is 17.7 Å². The van der Waals surface area contributed by atoms with Crippen molar-refractivity contribution in [3.63, 3.8) is 0 Å². The van der Waals surface area contributed by atoms with E-state index in [0.717, 1.165) is 6.07 Å². The number of hydrogen-bond acceptors (Lipinski definition) is 3. The molecule has 0 aliphatic rings. The Morgan fingerprint density at radius 2 is 2.04 bits per heavy atom. The summed E-state index contributed by atoms with van der Waals surface area (Å²) in [6, 6.07) is 4.73. The second kappa shape index (κ2) is 8.01. The lowest BCUT2D eigenvalue weighted by atomic mass is 10.1. The third-order valence-electron chi connectivity index (χ3n) is 4.06. The molecule has 2 aromatic rings. The van der Waals surface area contributed by atoms with Gasteiger partial charge in [0.2, 0.25) is 5.91 Å². The van der Waals surface area contributed by atoms with Crippen molar-refractivity contribution in [3.05, 3.63) is 53.9 Å². The molecule has 0 fully saturated rings. The highest BCUT2D eigenvalue weighted by Gasteiger charge is 2.17. The van der Waals surface area contributed by atoms with Crippen molar-refractivity contribution in [1.82, 2.24) is 20.4 Å². The van der Waals surface area contributed by atoms with Crippen LogP contribution in [0.15, 0.2) is 36.7 Å². The molecule has 0 spiro atoms. The minimum absolute atomic E-state index is 0.0218. The van der Waals surface area contributed by atoms with E-state index in [4.69, 9.17) is 0 Å². The van der Waals surface area contributed by atoms with Gasteiger partial charge >= 0.3 is 0 Å². The van der Waals surface area contributed by atoms with Crippen LogP contribution in [0.2, 0.25) is 0 Å². The molecular formula is C17H22F2N4O. The van der Waals surface area contributed by atoms with E-state index in [0.29, 0.717) is 0 Å². The van der Waals surface area contributed by atoms with E-state index in [-0.39, 0.29) is 30.1 Å². The Morgan fingerprint density at radius 3 is 2.67 bits per heavy atom. The number of aromatic nitrogens is 2. The topological polar surface area (TPSA) is 59.0 Å². The predicted molar refractivity (Wildman–Crippen MR) is 87.3 cm³/mol. The summed E-state index contributed by atoms with van der Waals surface area (Å²) in [6.45, 7) is 5.71. The highest BCUT2D eigenvalue weighted by Crippen LogP contribution is 2.17. The summed E-state index contributed by atoms with van der Waals surface area (Å²) in [5.41, 5.74) is 0.253. The van der Waals surface area contributed by atoms with E-state index in [1.165, 1.54) is 12.1 Å². The molecule has 0 saturated carbocycles. The summed E-state index contributed by atoms with van der Waals surface area (Å²) in [4.78, 5) is 12.0. The van der Waals surface area contributed by atoms with Gasteiger partial charge in [-0.2, -0.15) is 5.10 Å². The zero-order valence-corrected chi connectivity index (χ0v) is 14.0. The van der Waals surface area contributed by atoms with Gasteiger partial charge in [0, 0.05) is 30.1 Å². The van der Waals surface area contributed by atoms with Crippen molar-refractivity contribution in [3.8, 4) is 0 Å². The fraction of sp³-hybridized carbons (Fsp3) is 0.412.